The van der Waals surface area contributed by atoms with Crippen LogP contribution in [-0.4, -0.2) is 66.2 Å². The van der Waals surface area contributed by atoms with Crippen LogP contribution >= 0.6 is 0 Å². The van der Waals surface area contributed by atoms with Crippen molar-refractivity contribution in [3.05, 3.63) is 65.2 Å². The molecule has 7 heteroatoms. The van der Waals surface area contributed by atoms with E-state index in [4.69, 9.17) is 14.2 Å². The second-order valence-corrected chi connectivity index (χ2v) is 7.67. The first-order valence-corrected chi connectivity index (χ1v) is 10.8. The Kier molecular flexibility index (Phi) is 7.42. The van der Waals surface area contributed by atoms with E-state index < -0.39 is 0 Å². The summed E-state index contributed by atoms with van der Waals surface area (Å²) >= 11 is 0. The molecule has 0 bridgehead atoms. The smallest absolute Gasteiger partial charge is 0.129 e. The average molecular weight is 435 g/mol. The molecule has 0 amide bonds. The Hall–Kier alpha value is -3.29. The second kappa shape index (κ2) is 10.8. The van der Waals surface area contributed by atoms with Crippen molar-refractivity contribution in [2.24, 2.45) is 7.05 Å². The number of H-pyrrole nitrogens is 1. The summed E-state index contributed by atoms with van der Waals surface area (Å²) in [6, 6.07) is 12.0. The molecule has 168 valence electrons. The standard InChI is InChI=1S/C25H30N4O3/c1-28-11-3-4-23(28)9-8-22-18-21(26-27-22)7-5-20-6-10-24(19-25(20)30-2)32-17-14-29-12-15-31-16-13-29/h3-11,18-19H,12-17H2,1-2H3,(H,26,27). The van der Waals surface area contributed by atoms with Crippen molar-refractivity contribution in [1.29, 1.82) is 0 Å². The van der Waals surface area contributed by atoms with E-state index in [2.05, 4.69) is 31.8 Å². The Balaban J connectivity index is 1.34. The summed E-state index contributed by atoms with van der Waals surface area (Å²) in [4.78, 5) is 2.35. The third-order valence-electron chi connectivity index (χ3n) is 5.45. The van der Waals surface area contributed by atoms with Crippen LogP contribution in [-0.2, 0) is 11.8 Å². The highest BCUT2D eigenvalue weighted by Gasteiger charge is 2.10. The van der Waals surface area contributed by atoms with Crippen molar-refractivity contribution in [3.63, 3.8) is 0 Å². The molecule has 0 radical (unpaired) electrons. The maximum Gasteiger partial charge on any atom is 0.129 e. The molecule has 1 aliphatic rings. The first-order valence-electron chi connectivity index (χ1n) is 10.8. The number of ether oxygens (including phenoxy) is 3. The molecular weight excluding hydrogens is 404 g/mol. The van der Waals surface area contributed by atoms with Gasteiger partial charge < -0.3 is 18.8 Å². The Morgan fingerprint density at radius 3 is 2.75 bits per heavy atom. The van der Waals surface area contributed by atoms with E-state index in [0.717, 1.165) is 67.0 Å². The van der Waals surface area contributed by atoms with Gasteiger partial charge in [-0.25, -0.2) is 0 Å². The minimum atomic E-state index is 0.644. The van der Waals surface area contributed by atoms with Crippen molar-refractivity contribution in [1.82, 2.24) is 19.7 Å². The first-order chi connectivity index (χ1) is 15.7. The van der Waals surface area contributed by atoms with E-state index in [0.29, 0.717) is 6.61 Å². The number of nitrogens with one attached hydrogen (secondary N) is 1. The summed E-state index contributed by atoms with van der Waals surface area (Å²) in [5.41, 5.74) is 3.90. The highest BCUT2D eigenvalue weighted by molar-refractivity contribution is 5.73. The van der Waals surface area contributed by atoms with Crippen molar-refractivity contribution >= 4 is 24.3 Å². The minimum absolute atomic E-state index is 0.644. The lowest BCUT2D eigenvalue weighted by Gasteiger charge is -2.26. The van der Waals surface area contributed by atoms with Gasteiger partial charge in [0.25, 0.3) is 0 Å². The third-order valence-corrected chi connectivity index (χ3v) is 5.45. The number of rotatable bonds is 9. The number of hydrogen-bond acceptors (Lipinski definition) is 5. The Labute approximate surface area is 188 Å². The summed E-state index contributed by atoms with van der Waals surface area (Å²) in [7, 11) is 3.69. The monoisotopic (exact) mass is 434 g/mol. The van der Waals surface area contributed by atoms with Crippen LogP contribution in [0.2, 0.25) is 0 Å². The molecule has 0 aliphatic carbocycles. The molecule has 4 rings (SSSR count). The Morgan fingerprint density at radius 2 is 1.97 bits per heavy atom. The highest BCUT2D eigenvalue weighted by Crippen LogP contribution is 2.26. The molecule has 0 spiro atoms. The average Bonchev–Trinajstić information content (AvgIpc) is 3.45. The van der Waals surface area contributed by atoms with E-state index in [-0.39, 0.29) is 0 Å². The summed E-state index contributed by atoms with van der Waals surface area (Å²) in [5, 5.41) is 7.41. The zero-order chi connectivity index (χ0) is 22.2. The second-order valence-electron chi connectivity index (χ2n) is 7.67. The lowest BCUT2D eigenvalue weighted by Crippen LogP contribution is -2.38. The van der Waals surface area contributed by atoms with Crippen LogP contribution in [0, 0.1) is 0 Å². The molecule has 0 atom stereocenters. The largest absolute Gasteiger partial charge is 0.496 e. The van der Waals surface area contributed by atoms with Crippen LogP contribution in [0.15, 0.2) is 42.6 Å². The molecule has 1 aliphatic heterocycles. The quantitative estimate of drug-likeness (QED) is 0.555. The molecule has 32 heavy (non-hydrogen) atoms. The van der Waals surface area contributed by atoms with E-state index in [1.54, 1.807) is 7.11 Å². The van der Waals surface area contributed by atoms with Gasteiger partial charge in [0, 0.05) is 50.2 Å². The Morgan fingerprint density at radius 1 is 1.09 bits per heavy atom. The lowest BCUT2D eigenvalue weighted by atomic mass is 10.1. The molecule has 0 unspecified atom stereocenters. The predicted molar refractivity (Wildman–Crippen MR) is 128 cm³/mol. The van der Waals surface area contributed by atoms with Gasteiger partial charge in [-0.3, -0.25) is 10.00 Å². The number of aromatic amines is 1. The van der Waals surface area contributed by atoms with Gasteiger partial charge in [0.15, 0.2) is 0 Å². The van der Waals surface area contributed by atoms with Gasteiger partial charge in [-0.2, -0.15) is 5.10 Å². The summed E-state index contributed by atoms with van der Waals surface area (Å²) in [6.07, 6.45) is 10.1. The van der Waals surface area contributed by atoms with E-state index in [1.807, 2.05) is 61.8 Å². The lowest BCUT2D eigenvalue weighted by molar-refractivity contribution is 0.0322. The predicted octanol–water partition coefficient (Wildman–Crippen LogP) is 3.81. The molecule has 3 aromatic rings. The van der Waals surface area contributed by atoms with Gasteiger partial charge in [0.05, 0.1) is 31.7 Å². The molecule has 0 saturated carbocycles. The number of aromatic nitrogens is 3. The van der Waals surface area contributed by atoms with Gasteiger partial charge in [0.2, 0.25) is 0 Å². The zero-order valence-electron chi connectivity index (χ0n) is 18.7. The summed E-state index contributed by atoms with van der Waals surface area (Å²) in [5.74, 6) is 1.57. The maximum absolute atomic E-state index is 5.93. The number of morpholine rings is 1. The minimum Gasteiger partial charge on any atom is -0.496 e. The number of methoxy groups -OCH3 is 1. The van der Waals surface area contributed by atoms with Gasteiger partial charge in [-0.05, 0) is 54.6 Å². The SMILES string of the molecule is COc1cc(OCCN2CCOCC2)ccc1C=Cc1cc(C=Cc2cccn2C)[nH]n1. The molecule has 7 nitrogen and oxygen atoms in total. The molecule has 1 saturated heterocycles. The van der Waals surface area contributed by atoms with Crippen LogP contribution in [0.25, 0.3) is 24.3 Å². The van der Waals surface area contributed by atoms with Crippen LogP contribution in [0.1, 0.15) is 22.6 Å². The topological polar surface area (TPSA) is 64.5 Å². The fourth-order valence-corrected chi connectivity index (χ4v) is 3.56. The van der Waals surface area contributed by atoms with Crippen LogP contribution in [0.3, 0.4) is 0 Å². The van der Waals surface area contributed by atoms with Gasteiger partial charge >= 0.3 is 0 Å². The summed E-state index contributed by atoms with van der Waals surface area (Å²) < 4.78 is 18.9. The van der Waals surface area contributed by atoms with Crippen LogP contribution in [0.4, 0.5) is 0 Å². The van der Waals surface area contributed by atoms with Crippen molar-refractivity contribution in [2.75, 3.05) is 46.6 Å². The van der Waals surface area contributed by atoms with Gasteiger partial charge in [-0.15, -0.1) is 0 Å². The molecule has 2 aromatic heterocycles. The third kappa shape index (κ3) is 5.90. The van der Waals surface area contributed by atoms with E-state index >= 15 is 0 Å². The fraction of sp³-hybridized carbons (Fsp3) is 0.320. The molecule has 1 aromatic carbocycles. The van der Waals surface area contributed by atoms with Crippen molar-refractivity contribution in [3.8, 4) is 11.5 Å². The van der Waals surface area contributed by atoms with Gasteiger partial charge in [-0.1, -0.05) is 0 Å². The highest BCUT2D eigenvalue weighted by atomic mass is 16.5. The number of hydrogen-bond donors (Lipinski definition) is 1. The number of aryl methyl sites for hydroxylation is 1. The molecule has 1 fully saturated rings. The molecule has 1 N–H and O–H groups in total. The van der Waals surface area contributed by atoms with Crippen LogP contribution < -0.4 is 9.47 Å². The van der Waals surface area contributed by atoms with E-state index in [1.165, 1.54) is 0 Å². The van der Waals surface area contributed by atoms with Gasteiger partial charge in [0.1, 0.15) is 18.1 Å². The Bertz CT molecular complexity index is 1060. The first kappa shape index (κ1) is 21.9. The normalized spacial score (nSPS) is 15.1. The van der Waals surface area contributed by atoms with Crippen molar-refractivity contribution < 1.29 is 14.2 Å². The van der Waals surface area contributed by atoms with E-state index in [9.17, 15) is 0 Å². The van der Waals surface area contributed by atoms with Crippen molar-refractivity contribution in [2.45, 2.75) is 0 Å². The molecule has 3 heterocycles. The fourth-order valence-electron chi connectivity index (χ4n) is 3.56. The number of benzene rings is 1. The summed E-state index contributed by atoms with van der Waals surface area (Å²) in [6.45, 7) is 5.07. The maximum atomic E-state index is 5.93. The zero-order valence-corrected chi connectivity index (χ0v) is 18.7. The number of nitrogens with zero attached hydrogens (tertiary/aromatic N) is 3. The molecular formula is C25H30N4O3. The van der Waals surface area contributed by atoms with Crippen LogP contribution in [0.5, 0.6) is 11.5 Å².